The summed E-state index contributed by atoms with van der Waals surface area (Å²) in [5.41, 5.74) is 0.709. The van der Waals surface area contributed by atoms with Crippen molar-refractivity contribution in [1.29, 1.82) is 0 Å². The van der Waals surface area contributed by atoms with Crippen LogP contribution < -0.4 is 5.32 Å². The van der Waals surface area contributed by atoms with Gasteiger partial charge in [0.15, 0.2) is 0 Å². The van der Waals surface area contributed by atoms with Crippen LogP contribution in [0.4, 0.5) is 0 Å². The van der Waals surface area contributed by atoms with Gasteiger partial charge in [-0.2, -0.15) is 0 Å². The van der Waals surface area contributed by atoms with Crippen LogP contribution >= 0.6 is 22.6 Å². The third-order valence-electron chi connectivity index (χ3n) is 2.83. The smallest absolute Gasteiger partial charge is 0.251 e. The molecule has 0 aliphatic heterocycles. The van der Waals surface area contributed by atoms with E-state index in [4.69, 9.17) is 5.11 Å². The van der Waals surface area contributed by atoms with E-state index in [0.29, 0.717) is 12.1 Å². The topological polar surface area (TPSA) is 49.3 Å². The molecule has 0 atom stereocenters. The van der Waals surface area contributed by atoms with Crippen molar-refractivity contribution in [2.75, 3.05) is 13.2 Å². The summed E-state index contributed by atoms with van der Waals surface area (Å²) < 4.78 is 1.06. The van der Waals surface area contributed by atoms with Crippen molar-refractivity contribution < 1.29 is 9.90 Å². The lowest BCUT2D eigenvalue weighted by Crippen LogP contribution is -2.34. The summed E-state index contributed by atoms with van der Waals surface area (Å²) in [5, 5.41) is 11.8. The highest BCUT2D eigenvalue weighted by Crippen LogP contribution is 2.21. The summed E-state index contributed by atoms with van der Waals surface area (Å²) in [7, 11) is 0. The van der Waals surface area contributed by atoms with Gasteiger partial charge in [-0.05, 0) is 59.0 Å². The zero-order valence-electron chi connectivity index (χ0n) is 10.9. The number of aliphatic hydroxyl groups excluding tert-OH is 1. The Hall–Kier alpha value is -0.620. The second kappa shape index (κ2) is 7.09. The summed E-state index contributed by atoms with van der Waals surface area (Å²) >= 11 is 2.19. The number of hydrogen-bond acceptors (Lipinski definition) is 2. The van der Waals surface area contributed by atoms with E-state index >= 15 is 0 Å². The number of halogens is 1. The van der Waals surface area contributed by atoms with E-state index in [0.717, 1.165) is 16.4 Å². The van der Waals surface area contributed by atoms with Crippen molar-refractivity contribution in [2.24, 2.45) is 5.41 Å². The molecular weight excluding hydrogens is 341 g/mol. The maximum atomic E-state index is 12.0. The Morgan fingerprint density at radius 1 is 1.44 bits per heavy atom. The van der Waals surface area contributed by atoms with Gasteiger partial charge in [-0.3, -0.25) is 4.79 Å². The first kappa shape index (κ1) is 15.4. The average molecular weight is 361 g/mol. The lowest BCUT2D eigenvalue weighted by molar-refractivity contribution is 0.0933. The highest BCUT2D eigenvalue weighted by molar-refractivity contribution is 14.1. The fraction of sp³-hybridized carbons (Fsp3) is 0.500. The Kier molecular flexibility index (Phi) is 6.08. The zero-order valence-corrected chi connectivity index (χ0v) is 13.0. The van der Waals surface area contributed by atoms with E-state index in [1.165, 1.54) is 0 Å². The number of carbonyl (C=O) groups is 1. The van der Waals surface area contributed by atoms with Crippen molar-refractivity contribution in [3.63, 3.8) is 0 Å². The summed E-state index contributed by atoms with van der Waals surface area (Å²) in [4.78, 5) is 12.0. The second-order valence-corrected chi connectivity index (χ2v) is 6.43. The van der Waals surface area contributed by atoms with Crippen LogP contribution in [-0.2, 0) is 0 Å². The Morgan fingerprint density at radius 2 is 2.17 bits per heavy atom. The lowest BCUT2D eigenvalue weighted by atomic mass is 9.88. The molecule has 0 saturated heterocycles. The average Bonchev–Trinajstić information content (AvgIpc) is 2.34. The number of carbonyl (C=O) groups excluding carboxylic acids is 1. The lowest BCUT2D eigenvalue weighted by Gasteiger charge is -2.24. The number of nitrogens with one attached hydrogen (secondary N) is 1. The molecule has 0 aromatic heterocycles. The number of amides is 1. The van der Waals surface area contributed by atoms with Gasteiger partial charge in [-0.15, -0.1) is 0 Å². The summed E-state index contributed by atoms with van der Waals surface area (Å²) in [6, 6.07) is 7.53. The monoisotopic (exact) mass is 361 g/mol. The Morgan fingerprint density at radius 3 is 2.78 bits per heavy atom. The third kappa shape index (κ3) is 5.35. The third-order valence-corrected chi connectivity index (χ3v) is 3.50. The molecule has 1 rings (SSSR count). The molecule has 4 heteroatoms. The minimum absolute atomic E-state index is 0.0142. The number of benzene rings is 1. The Labute approximate surface area is 122 Å². The molecule has 1 aromatic carbocycles. The number of rotatable bonds is 6. The number of aliphatic hydroxyl groups is 1. The molecule has 0 aliphatic carbocycles. The van der Waals surface area contributed by atoms with Crippen LogP contribution in [0.3, 0.4) is 0 Å². The van der Waals surface area contributed by atoms with Gasteiger partial charge in [-0.25, -0.2) is 0 Å². The highest BCUT2D eigenvalue weighted by Gasteiger charge is 2.18. The maximum absolute atomic E-state index is 12.0. The minimum Gasteiger partial charge on any atom is -0.396 e. The molecule has 0 fully saturated rings. The molecule has 1 aromatic rings. The SMILES string of the molecule is CC(C)(CCCO)CNC(=O)c1cccc(I)c1. The molecule has 100 valence electrons. The van der Waals surface area contributed by atoms with Crippen LogP contribution in [0, 0.1) is 8.99 Å². The standard InChI is InChI=1S/C14H20INO2/c1-14(2,7-4-8-17)10-16-13(18)11-5-3-6-12(15)9-11/h3,5-6,9,17H,4,7-8,10H2,1-2H3,(H,16,18). The van der Waals surface area contributed by atoms with Gasteiger partial charge < -0.3 is 10.4 Å². The fourth-order valence-corrected chi connectivity index (χ4v) is 2.24. The van der Waals surface area contributed by atoms with Crippen LogP contribution in [0.25, 0.3) is 0 Å². The largest absolute Gasteiger partial charge is 0.396 e. The maximum Gasteiger partial charge on any atom is 0.251 e. The van der Waals surface area contributed by atoms with Crippen LogP contribution in [-0.4, -0.2) is 24.2 Å². The van der Waals surface area contributed by atoms with Gasteiger partial charge in [-0.1, -0.05) is 19.9 Å². The molecule has 18 heavy (non-hydrogen) atoms. The molecule has 0 radical (unpaired) electrons. The molecule has 0 spiro atoms. The van der Waals surface area contributed by atoms with Crippen molar-refractivity contribution >= 4 is 28.5 Å². The van der Waals surface area contributed by atoms with Crippen molar-refractivity contribution in [2.45, 2.75) is 26.7 Å². The van der Waals surface area contributed by atoms with Gasteiger partial charge in [0.2, 0.25) is 0 Å². The van der Waals surface area contributed by atoms with Gasteiger partial charge >= 0.3 is 0 Å². The summed E-state index contributed by atoms with van der Waals surface area (Å²) in [5.74, 6) is -0.0365. The van der Waals surface area contributed by atoms with Crippen LogP contribution in [0.2, 0.25) is 0 Å². The first-order chi connectivity index (χ1) is 8.44. The van der Waals surface area contributed by atoms with E-state index in [1.807, 2.05) is 24.3 Å². The molecule has 0 heterocycles. The van der Waals surface area contributed by atoms with E-state index in [1.54, 1.807) is 0 Å². The normalized spacial score (nSPS) is 11.3. The molecule has 3 nitrogen and oxygen atoms in total. The molecule has 0 bridgehead atoms. The van der Waals surface area contributed by atoms with E-state index in [9.17, 15) is 4.79 Å². The second-order valence-electron chi connectivity index (χ2n) is 5.18. The van der Waals surface area contributed by atoms with Crippen LogP contribution in [0.1, 0.15) is 37.0 Å². The van der Waals surface area contributed by atoms with Crippen molar-refractivity contribution in [3.05, 3.63) is 33.4 Å². The minimum atomic E-state index is -0.0365. The van der Waals surface area contributed by atoms with Gasteiger partial charge in [0, 0.05) is 22.3 Å². The summed E-state index contributed by atoms with van der Waals surface area (Å²) in [6.45, 7) is 5.01. The summed E-state index contributed by atoms with van der Waals surface area (Å²) in [6.07, 6.45) is 1.67. The van der Waals surface area contributed by atoms with Gasteiger partial charge in [0.1, 0.15) is 0 Å². The molecule has 0 saturated carbocycles. The Balaban J connectivity index is 2.50. The quantitative estimate of drug-likeness (QED) is 0.766. The first-order valence-corrected chi connectivity index (χ1v) is 7.17. The highest BCUT2D eigenvalue weighted by atomic mass is 127. The molecular formula is C14H20INO2. The van der Waals surface area contributed by atoms with E-state index in [2.05, 4.69) is 41.8 Å². The van der Waals surface area contributed by atoms with Crippen molar-refractivity contribution in [3.8, 4) is 0 Å². The van der Waals surface area contributed by atoms with Gasteiger partial charge in [0.25, 0.3) is 5.91 Å². The predicted molar refractivity (Wildman–Crippen MR) is 81.6 cm³/mol. The van der Waals surface area contributed by atoms with Crippen LogP contribution in [0.15, 0.2) is 24.3 Å². The fourth-order valence-electron chi connectivity index (χ4n) is 1.70. The van der Waals surface area contributed by atoms with Crippen LogP contribution in [0.5, 0.6) is 0 Å². The molecule has 0 unspecified atom stereocenters. The zero-order chi connectivity index (χ0) is 13.6. The van der Waals surface area contributed by atoms with E-state index in [-0.39, 0.29) is 17.9 Å². The molecule has 0 aliphatic rings. The number of hydrogen-bond donors (Lipinski definition) is 2. The molecule has 1 amide bonds. The molecule has 2 N–H and O–H groups in total. The Bertz CT molecular complexity index is 405. The first-order valence-electron chi connectivity index (χ1n) is 6.09. The predicted octanol–water partition coefficient (Wildman–Crippen LogP) is 2.82. The van der Waals surface area contributed by atoms with E-state index < -0.39 is 0 Å². The van der Waals surface area contributed by atoms with Gasteiger partial charge in [0.05, 0.1) is 0 Å². The van der Waals surface area contributed by atoms with Crippen molar-refractivity contribution in [1.82, 2.24) is 5.32 Å².